The van der Waals surface area contributed by atoms with Crippen LogP contribution in [-0.4, -0.2) is 31.1 Å². The molecule has 2 rings (SSSR count). The average molecular weight is 257 g/mol. The molecule has 0 unspecified atom stereocenters. The van der Waals surface area contributed by atoms with Gasteiger partial charge in [-0.3, -0.25) is 4.90 Å². The Kier molecular flexibility index (Phi) is 5.62. The van der Waals surface area contributed by atoms with E-state index in [4.69, 9.17) is 0 Å². The summed E-state index contributed by atoms with van der Waals surface area (Å²) in [7, 11) is 0. The molecule has 1 aromatic carbocycles. The third-order valence-corrected chi connectivity index (χ3v) is 2.98. The second-order valence-corrected chi connectivity index (χ2v) is 4.02. The smallest absolute Gasteiger partial charge is 0.123 e. The number of hydrogen-bond acceptors (Lipinski definition) is 2. The largest absolute Gasteiger partial charge is 0.314 e. The third-order valence-electron chi connectivity index (χ3n) is 2.98. The van der Waals surface area contributed by atoms with Crippen LogP contribution in [0.1, 0.15) is 11.6 Å². The van der Waals surface area contributed by atoms with Crippen LogP contribution < -0.4 is 5.32 Å². The van der Waals surface area contributed by atoms with Gasteiger partial charge >= 0.3 is 0 Å². The molecule has 1 N–H and O–H groups in total. The molecule has 0 aromatic heterocycles. The highest BCUT2D eigenvalue weighted by Crippen LogP contribution is 2.22. The summed E-state index contributed by atoms with van der Waals surface area (Å²) in [6, 6.07) is 6.89. The zero-order valence-corrected chi connectivity index (χ0v) is 10.5. The van der Waals surface area contributed by atoms with Crippen LogP contribution >= 0.6 is 12.4 Å². The van der Waals surface area contributed by atoms with Crippen LogP contribution in [-0.2, 0) is 0 Å². The Bertz CT molecular complexity index is 347. The van der Waals surface area contributed by atoms with Crippen molar-refractivity contribution in [3.05, 3.63) is 48.3 Å². The lowest BCUT2D eigenvalue weighted by molar-refractivity contribution is 0.203. The highest BCUT2D eigenvalue weighted by atomic mass is 35.5. The van der Waals surface area contributed by atoms with E-state index in [0.717, 1.165) is 31.7 Å². The SMILES string of the molecule is C=C[C@H](c1ccc(F)cc1)N1CCNCC1.Cl. The van der Waals surface area contributed by atoms with Crippen LogP contribution in [0.5, 0.6) is 0 Å². The summed E-state index contributed by atoms with van der Waals surface area (Å²) in [5.74, 6) is -0.188. The van der Waals surface area contributed by atoms with E-state index in [1.807, 2.05) is 18.2 Å². The van der Waals surface area contributed by atoms with Gasteiger partial charge in [-0.05, 0) is 17.7 Å². The number of benzene rings is 1. The highest BCUT2D eigenvalue weighted by Gasteiger charge is 2.18. The number of rotatable bonds is 3. The molecule has 17 heavy (non-hydrogen) atoms. The molecule has 1 fully saturated rings. The molecule has 1 saturated heterocycles. The van der Waals surface area contributed by atoms with Crippen molar-refractivity contribution in [2.45, 2.75) is 6.04 Å². The molecule has 0 saturated carbocycles. The summed E-state index contributed by atoms with van der Waals surface area (Å²) in [6.07, 6.45) is 1.93. The van der Waals surface area contributed by atoms with Gasteiger partial charge in [0.2, 0.25) is 0 Å². The van der Waals surface area contributed by atoms with Gasteiger partial charge in [0.1, 0.15) is 5.82 Å². The Morgan fingerprint density at radius 1 is 1.24 bits per heavy atom. The van der Waals surface area contributed by atoms with Gasteiger partial charge in [0, 0.05) is 26.2 Å². The Morgan fingerprint density at radius 2 is 1.82 bits per heavy atom. The van der Waals surface area contributed by atoms with Gasteiger partial charge in [0.05, 0.1) is 6.04 Å². The summed E-state index contributed by atoms with van der Waals surface area (Å²) in [6.45, 7) is 7.91. The summed E-state index contributed by atoms with van der Waals surface area (Å²) in [4.78, 5) is 2.36. The first kappa shape index (κ1) is 14.2. The highest BCUT2D eigenvalue weighted by molar-refractivity contribution is 5.85. The topological polar surface area (TPSA) is 15.3 Å². The molecule has 0 aliphatic carbocycles. The minimum Gasteiger partial charge on any atom is -0.314 e. The van der Waals surface area contributed by atoms with Crippen molar-refractivity contribution >= 4 is 12.4 Å². The zero-order chi connectivity index (χ0) is 11.4. The van der Waals surface area contributed by atoms with E-state index < -0.39 is 0 Å². The van der Waals surface area contributed by atoms with Crippen molar-refractivity contribution in [3.63, 3.8) is 0 Å². The molecule has 0 bridgehead atoms. The van der Waals surface area contributed by atoms with Gasteiger partial charge in [-0.15, -0.1) is 19.0 Å². The zero-order valence-electron chi connectivity index (χ0n) is 9.73. The Balaban J connectivity index is 0.00000144. The van der Waals surface area contributed by atoms with Crippen molar-refractivity contribution in [3.8, 4) is 0 Å². The minimum absolute atomic E-state index is 0. The van der Waals surface area contributed by atoms with E-state index in [2.05, 4.69) is 16.8 Å². The molecule has 4 heteroatoms. The van der Waals surface area contributed by atoms with Gasteiger partial charge in [0.15, 0.2) is 0 Å². The first-order valence-corrected chi connectivity index (χ1v) is 5.64. The molecule has 1 aromatic rings. The molecule has 94 valence electrons. The van der Waals surface area contributed by atoms with E-state index in [0.29, 0.717) is 0 Å². The standard InChI is InChI=1S/C13H17FN2.ClH/c1-2-13(16-9-7-15-8-10-16)11-3-5-12(14)6-4-11;/h2-6,13,15H,1,7-10H2;1H/t13-;/m1./s1. The molecule has 0 spiro atoms. The van der Waals surface area contributed by atoms with Crippen LogP contribution in [0.4, 0.5) is 4.39 Å². The third kappa shape index (κ3) is 3.53. The second kappa shape index (κ2) is 6.74. The monoisotopic (exact) mass is 256 g/mol. The lowest BCUT2D eigenvalue weighted by Gasteiger charge is -2.33. The molecule has 1 aliphatic heterocycles. The van der Waals surface area contributed by atoms with Crippen molar-refractivity contribution in [1.29, 1.82) is 0 Å². The predicted octanol–water partition coefficient (Wildman–Crippen LogP) is 2.38. The van der Waals surface area contributed by atoms with Crippen LogP contribution in [0.15, 0.2) is 36.9 Å². The van der Waals surface area contributed by atoms with E-state index in [-0.39, 0.29) is 24.3 Å². The molecular weight excluding hydrogens is 239 g/mol. The fraction of sp³-hybridized carbons (Fsp3) is 0.385. The van der Waals surface area contributed by atoms with Gasteiger partial charge in [-0.25, -0.2) is 4.39 Å². The van der Waals surface area contributed by atoms with Crippen molar-refractivity contribution < 1.29 is 4.39 Å². The Morgan fingerprint density at radius 3 is 2.35 bits per heavy atom. The molecule has 2 nitrogen and oxygen atoms in total. The van der Waals surface area contributed by atoms with Crippen molar-refractivity contribution in [2.75, 3.05) is 26.2 Å². The summed E-state index contributed by atoms with van der Waals surface area (Å²) in [5.41, 5.74) is 1.11. The van der Waals surface area contributed by atoms with Crippen LogP contribution in [0.2, 0.25) is 0 Å². The Labute approximate surface area is 108 Å². The van der Waals surface area contributed by atoms with Gasteiger partial charge in [0.25, 0.3) is 0 Å². The van der Waals surface area contributed by atoms with E-state index in [9.17, 15) is 4.39 Å². The maximum Gasteiger partial charge on any atom is 0.123 e. The second-order valence-electron chi connectivity index (χ2n) is 4.02. The van der Waals surface area contributed by atoms with E-state index in [1.165, 1.54) is 12.1 Å². The number of nitrogens with zero attached hydrogens (tertiary/aromatic N) is 1. The minimum atomic E-state index is -0.188. The first-order valence-electron chi connectivity index (χ1n) is 5.64. The maximum absolute atomic E-state index is 12.8. The molecule has 1 heterocycles. The summed E-state index contributed by atoms with van der Waals surface area (Å²) in [5, 5.41) is 3.32. The first-order chi connectivity index (χ1) is 7.81. The van der Waals surface area contributed by atoms with Crippen LogP contribution in [0.25, 0.3) is 0 Å². The number of halogens is 2. The van der Waals surface area contributed by atoms with Crippen LogP contribution in [0.3, 0.4) is 0 Å². The normalized spacial score (nSPS) is 18.2. The quantitative estimate of drug-likeness (QED) is 0.836. The lowest BCUT2D eigenvalue weighted by atomic mass is 10.0. The fourth-order valence-electron chi connectivity index (χ4n) is 2.12. The van der Waals surface area contributed by atoms with Gasteiger partial charge < -0.3 is 5.32 Å². The van der Waals surface area contributed by atoms with Crippen molar-refractivity contribution in [1.82, 2.24) is 10.2 Å². The molecule has 0 radical (unpaired) electrons. The average Bonchev–Trinajstić information content (AvgIpc) is 2.34. The molecule has 1 atom stereocenters. The van der Waals surface area contributed by atoms with E-state index in [1.54, 1.807) is 0 Å². The van der Waals surface area contributed by atoms with Gasteiger partial charge in [-0.1, -0.05) is 18.2 Å². The lowest BCUT2D eigenvalue weighted by Crippen LogP contribution is -2.44. The number of nitrogens with one attached hydrogen (secondary N) is 1. The maximum atomic E-state index is 12.8. The number of piperazine rings is 1. The molecule has 0 amide bonds. The van der Waals surface area contributed by atoms with E-state index >= 15 is 0 Å². The van der Waals surface area contributed by atoms with Crippen LogP contribution in [0, 0.1) is 5.82 Å². The number of hydrogen-bond donors (Lipinski definition) is 1. The summed E-state index contributed by atoms with van der Waals surface area (Å²) >= 11 is 0. The fourth-order valence-corrected chi connectivity index (χ4v) is 2.12. The Hall–Kier alpha value is -0.900. The summed E-state index contributed by atoms with van der Waals surface area (Å²) < 4.78 is 12.8. The molecular formula is C13H18ClFN2. The molecule has 1 aliphatic rings. The predicted molar refractivity (Wildman–Crippen MR) is 71.0 cm³/mol. The van der Waals surface area contributed by atoms with Crippen molar-refractivity contribution in [2.24, 2.45) is 0 Å². The van der Waals surface area contributed by atoms with Gasteiger partial charge in [-0.2, -0.15) is 0 Å².